The monoisotopic (exact) mass is 586 g/mol. The minimum absolute atomic E-state index is 0.851. The highest BCUT2D eigenvalue weighted by molar-refractivity contribution is 6.36. The summed E-state index contributed by atoms with van der Waals surface area (Å²) < 4.78 is 0. The van der Waals surface area contributed by atoms with E-state index in [0.29, 0.717) is 0 Å². The Hall–Kier alpha value is -6.26. The van der Waals surface area contributed by atoms with Crippen LogP contribution in [0.3, 0.4) is 0 Å². The summed E-state index contributed by atoms with van der Waals surface area (Å²) in [5, 5.41) is 12.6. The normalized spacial score (nSPS) is 11.5. The lowest BCUT2D eigenvalue weighted by Gasteiger charge is -2.13. The van der Waals surface area contributed by atoms with Crippen LogP contribution in [0.1, 0.15) is 0 Å². The van der Waals surface area contributed by atoms with Gasteiger partial charge in [-0.15, -0.1) is 0 Å². The Kier molecular flexibility index (Phi) is 6.10. The smallest absolute Gasteiger partial charge is 0.0730 e. The van der Waals surface area contributed by atoms with Gasteiger partial charge in [0, 0.05) is 67.9 Å². The second kappa shape index (κ2) is 10.7. The summed E-state index contributed by atoms with van der Waals surface area (Å²) in [6.07, 6.45) is 7.77. The molecule has 4 bridgehead atoms. The Morgan fingerprint density at radius 2 is 0.500 bits per heavy atom. The van der Waals surface area contributed by atoms with Crippen molar-refractivity contribution in [2.75, 3.05) is 0 Å². The molecule has 214 valence electrons. The number of fused-ring (bicyclic) bond motifs is 4. The Bertz CT molecular complexity index is 2450. The van der Waals surface area contributed by atoms with Crippen LogP contribution < -0.4 is 0 Å². The molecule has 0 saturated heterocycles. The molecule has 4 nitrogen and oxygen atoms in total. The molecule has 4 heteroatoms. The van der Waals surface area contributed by atoms with E-state index >= 15 is 0 Å². The Balaban J connectivity index is 1.77. The van der Waals surface area contributed by atoms with Gasteiger partial charge in [-0.3, -0.25) is 19.9 Å². The molecule has 0 aliphatic carbocycles. The molecular formula is C42H26N4. The van der Waals surface area contributed by atoms with Gasteiger partial charge in [0.15, 0.2) is 0 Å². The third-order valence-electron chi connectivity index (χ3n) is 8.84. The van der Waals surface area contributed by atoms with Crippen LogP contribution in [0, 0.1) is 0 Å². The first-order valence-electron chi connectivity index (χ1n) is 15.4. The molecule has 0 aliphatic heterocycles. The lowest BCUT2D eigenvalue weighted by Crippen LogP contribution is -1.88. The molecule has 0 N–H and O–H groups in total. The van der Waals surface area contributed by atoms with Gasteiger partial charge in [-0.05, 0) is 45.8 Å². The van der Waals surface area contributed by atoms with Crippen molar-refractivity contribution < 1.29 is 0 Å². The number of benzene rings is 7. The Labute approximate surface area is 264 Å². The van der Waals surface area contributed by atoms with Crippen molar-refractivity contribution in [2.45, 2.75) is 0 Å². The van der Waals surface area contributed by atoms with E-state index in [1.165, 1.54) is 0 Å². The van der Waals surface area contributed by atoms with E-state index in [0.717, 1.165) is 86.7 Å². The molecule has 0 radical (unpaired) electrons. The van der Waals surface area contributed by atoms with Crippen LogP contribution in [0.5, 0.6) is 0 Å². The van der Waals surface area contributed by atoms with Gasteiger partial charge in [0.25, 0.3) is 0 Å². The summed E-state index contributed by atoms with van der Waals surface area (Å²) in [5.74, 6) is 0. The third kappa shape index (κ3) is 4.23. The van der Waals surface area contributed by atoms with Crippen molar-refractivity contribution in [1.82, 2.24) is 19.9 Å². The molecule has 0 atom stereocenters. The van der Waals surface area contributed by atoms with Crippen molar-refractivity contribution in [3.05, 3.63) is 158 Å². The summed E-state index contributed by atoms with van der Waals surface area (Å²) in [6.45, 7) is 0. The van der Waals surface area contributed by atoms with Gasteiger partial charge >= 0.3 is 0 Å². The quantitative estimate of drug-likeness (QED) is 0.166. The molecule has 4 aromatic heterocycles. The molecule has 4 heterocycles. The van der Waals surface area contributed by atoms with Crippen LogP contribution in [0.2, 0.25) is 0 Å². The molecule has 11 aromatic rings. The van der Waals surface area contributed by atoms with Gasteiger partial charge < -0.3 is 0 Å². The highest BCUT2D eigenvalue weighted by Gasteiger charge is 2.14. The van der Waals surface area contributed by atoms with E-state index in [2.05, 4.69) is 97.1 Å². The SMILES string of the molecule is c1ccc2cnc3cccc4ncc5ccccc5cnc5cccc(ncc2c1)c5c1c2ccccc2c(c2ccccc21)c34. The number of hydrogen-bond acceptors (Lipinski definition) is 4. The van der Waals surface area contributed by atoms with Gasteiger partial charge in [0.2, 0.25) is 0 Å². The molecule has 0 aliphatic rings. The summed E-state index contributed by atoms with van der Waals surface area (Å²) >= 11 is 0. The topological polar surface area (TPSA) is 51.6 Å². The van der Waals surface area contributed by atoms with Crippen LogP contribution in [0.15, 0.2) is 158 Å². The van der Waals surface area contributed by atoms with E-state index in [9.17, 15) is 0 Å². The van der Waals surface area contributed by atoms with E-state index in [1.54, 1.807) is 0 Å². The number of rotatable bonds is 0. The van der Waals surface area contributed by atoms with Crippen LogP contribution >= 0.6 is 0 Å². The van der Waals surface area contributed by atoms with Gasteiger partial charge in [0.05, 0.1) is 22.1 Å². The van der Waals surface area contributed by atoms with Crippen LogP contribution in [-0.4, -0.2) is 19.9 Å². The van der Waals surface area contributed by atoms with E-state index in [4.69, 9.17) is 19.9 Å². The lowest BCUT2D eigenvalue weighted by atomic mass is 9.91. The Morgan fingerprint density at radius 3 is 0.783 bits per heavy atom. The van der Waals surface area contributed by atoms with E-state index in [1.807, 2.05) is 61.2 Å². The standard InChI is InChI=1S/C42H26N4/c1-2-12-28-24-44-36-20-10-22-38-42(36)40-33-17-7-5-15-31(33)39(32-16-6-8-18-34(32)40)41-35(43-23-27(28)11-1)19-9-21-37(41)45-25-29-13-3-4-14-30(29)26-46-38/h1-26H. The van der Waals surface area contributed by atoms with Gasteiger partial charge in [-0.25, -0.2) is 0 Å². The van der Waals surface area contributed by atoms with Crippen molar-refractivity contribution in [2.24, 2.45) is 0 Å². The summed E-state index contributed by atoms with van der Waals surface area (Å²) in [4.78, 5) is 20.7. The van der Waals surface area contributed by atoms with E-state index in [-0.39, 0.29) is 0 Å². The Morgan fingerprint density at radius 1 is 0.239 bits per heavy atom. The first-order chi connectivity index (χ1) is 22.8. The van der Waals surface area contributed by atoms with Crippen LogP contribution in [-0.2, 0) is 0 Å². The van der Waals surface area contributed by atoms with Crippen molar-refractivity contribution in [3.63, 3.8) is 0 Å². The molecule has 11 rings (SSSR count). The molecule has 0 saturated carbocycles. The maximum absolute atomic E-state index is 5.17. The van der Waals surface area contributed by atoms with Crippen molar-refractivity contribution in [1.29, 1.82) is 0 Å². The largest absolute Gasteiger partial charge is 0.256 e. The summed E-state index contributed by atoms with van der Waals surface area (Å²) in [5.41, 5.74) is 3.41. The average molecular weight is 587 g/mol. The predicted octanol–water partition coefficient (Wildman–Crippen LogP) is 10.7. The summed E-state index contributed by atoms with van der Waals surface area (Å²) in [6, 6.07) is 46.2. The van der Waals surface area contributed by atoms with Gasteiger partial charge in [-0.1, -0.05) is 109 Å². The first kappa shape index (κ1) is 26.2. The second-order valence-corrected chi connectivity index (χ2v) is 11.5. The zero-order chi connectivity index (χ0) is 30.5. The molecule has 0 fully saturated rings. The summed E-state index contributed by atoms with van der Waals surface area (Å²) in [7, 11) is 0. The number of nitrogens with zero attached hydrogens (tertiary/aromatic N) is 4. The maximum Gasteiger partial charge on any atom is 0.0730 e. The van der Waals surface area contributed by atoms with Crippen LogP contribution in [0.4, 0.5) is 0 Å². The highest BCUT2D eigenvalue weighted by atomic mass is 14.7. The van der Waals surface area contributed by atoms with Gasteiger partial charge in [-0.2, -0.15) is 0 Å². The molecule has 7 aromatic carbocycles. The van der Waals surface area contributed by atoms with Crippen molar-refractivity contribution in [3.8, 4) is 0 Å². The molecular weight excluding hydrogens is 560 g/mol. The lowest BCUT2D eigenvalue weighted by molar-refractivity contribution is 1.41. The average Bonchev–Trinajstić information content (AvgIpc) is 3.11. The fraction of sp³-hybridized carbons (Fsp3) is 0. The van der Waals surface area contributed by atoms with Gasteiger partial charge in [0.1, 0.15) is 0 Å². The zero-order valence-corrected chi connectivity index (χ0v) is 24.8. The fourth-order valence-corrected chi connectivity index (χ4v) is 6.71. The second-order valence-electron chi connectivity index (χ2n) is 11.5. The maximum atomic E-state index is 5.17. The molecule has 0 unspecified atom stereocenters. The van der Waals surface area contributed by atoms with E-state index < -0.39 is 0 Å². The van der Waals surface area contributed by atoms with Crippen LogP contribution in [0.25, 0.3) is 86.7 Å². The first-order valence-corrected chi connectivity index (χ1v) is 15.4. The molecule has 46 heavy (non-hydrogen) atoms. The number of aromatic nitrogens is 4. The third-order valence-corrected chi connectivity index (χ3v) is 8.84. The fourth-order valence-electron chi connectivity index (χ4n) is 6.71. The zero-order valence-electron chi connectivity index (χ0n) is 24.8. The highest BCUT2D eigenvalue weighted by Crippen LogP contribution is 2.41. The minimum Gasteiger partial charge on any atom is -0.256 e. The predicted molar refractivity (Wildman–Crippen MR) is 193 cm³/mol. The number of hydrogen-bond donors (Lipinski definition) is 0. The molecule has 0 amide bonds. The molecule has 0 spiro atoms. The minimum atomic E-state index is 0.851. The van der Waals surface area contributed by atoms with Crippen molar-refractivity contribution >= 4 is 86.7 Å².